The molecule has 1 saturated carbocycles. The van der Waals surface area contributed by atoms with E-state index in [1.165, 1.54) is 53.0 Å². The maximum atomic E-state index is 13.4. The number of aryl methyl sites for hydroxylation is 1. The van der Waals surface area contributed by atoms with Crippen molar-refractivity contribution in [3.63, 3.8) is 0 Å². The topological polar surface area (TPSA) is 221 Å². The van der Waals surface area contributed by atoms with Crippen molar-refractivity contribution in [3.05, 3.63) is 76.9 Å². The van der Waals surface area contributed by atoms with Gasteiger partial charge in [0.15, 0.2) is 12.5 Å². The summed E-state index contributed by atoms with van der Waals surface area (Å²) in [5.74, 6) is -2.06. The van der Waals surface area contributed by atoms with Crippen LogP contribution in [0.15, 0.2) is 59.7 Å². The highest BCUT2D eigenvalue weighted by Crippen LogP contribution is 2.38. The number of nitrogens with one attached hydrogen (secondary N) is 2. The zero-order valence-corrected chi connectivity index (χ0v) is 25.9. The fourth-order valence-electron chi connectivity index (χ4n) is 4.34. The van der Waals surface area contributed by atoms with E-state index in [0.29, 0.717) is 29.7 Å². The fourth-order valence-corrected chi connectivity index (χ4v) is 4.66. The predicted molar refractivity (Wildman–Crippen MR) is 164 cm³/mol. The van der Waals surface area contributed by atoms with E-state index in [2.05, 4.69) is 30.2 Å². The van der Waals surface area contributed by atoms with Crippen LogP contribution in [0.25, 0.3) is 11.4 Å². The number of phosphoric ester groups is 1. The first-order valence-electron chi connectivity index (χ1n) is 15.4. The number of hydrogen-bond donors (Lipinski definition) is 4. The number of pyridine rings is 1. The third-order valence-corrected chi connectivity index (χ3v) is 7.28. The number of carbonyl (C=O) groups is 3. The molecule has 47 heavy (non-hydrogen) atoms. The first-order valence-corrected chi connectivity index (χ1v) is 15.4. The fraction of sp³-hybridized carbons (Fsp3) is 0.276. The van der Waals surface area contributed by atoms with E-state index in [4.69, 9.17) is 23.4 Å². The van der Waals surface area contributed by atoms with Crippen molar-refractivity contribution in [3.8, 4) is 17.1 Å². The second-order valence-electron chi connectivity index (χ2n) is 10.2. The molecular formula is C29H31N8O9P. The molecule has 4 N–H and O–H groups in total. The molecule has 0 spiro atoms. The number of phosphoric acid groups is 1. The standard InChI is InChI=1S/C29H31N8O9P/c1-30-28(39)21-14-37(16-45-29(40)19-9-7-17(8-10-19)15-46-47(41,42)43)24(32-27(38)18-11-12-18)13-23(21)31-22-6-4-5-20(25(22)44-3)26-33-35-36(2)34-26/h4-10,13-14,18,31H,11-12,15-16H2,1-3H3,(H,30,39)(H2,41,42,43)/b32-24+/i1D3. The van der Waals surface area contributed by atoms with Gasteiger partial charge in [-0.1, -0.05) is 18.2 Å². The van der Waals surface area contributed by atoms with Crippen LogP contribution in [0, 0.1) is 5.92 Å². The number of methoxy groups -OCH3 is 1. The normalized spacial score (nSPS) is 14.5. The van der Waals surface area contributed by atoms with Gasteiger partial charge >= 0.3 is 13.8 Å². The summed E-state index contributed by atoms with van der Waals surface area (Å²) in [6.07, 6.45) is 2.49. The van der Waals surface area contributed by atoms with Gasteiger partial charge in [-0.05, 0) is 47.9 Å². The van der Waals surface area contributed by atoms with Crippen molar-refractivity contribution in [2.24, 2.45) is 18.0 Å². The van der Waals surface area contributed by atoms with E-state index in [-0.39, 0.29) is 39.8 Å². The summed E-state index contributed by atoms with van der Waals surface area (Å²) in [7, 11) is -1.69. The number of para-hydroxylation sites is 1. The van der Waals surface area contributed by atoms with Crippen molar-refractivity contribution >= 4 is 37.0 Å². The van der Waals surface area contributed by atoms with Gasteiger partial charge in [0.25, 0.3) is 11.8 Å². The van der Waals surface area contributed by atoms with E-state index in [1.54, 1.807) is 25.2 Å². The summed E-state index contributed by atoms with van der Waals surface area (Å²) in [6, 6.07) is 11.9. The summed E-state index contributed by atoms with van der Waals surface area (Å²) in [5, 5.41) is 17.1. The third-order valence-electron chi connectivity index (χ3n) is 6.81. The van der Waals surface area contributed by atoms with Gasteiger partial charge in [0.05, 0.1) is 48.8 Å². The molecule has 4 aromatic rings. The largest absolute Gasteiger partial charge is 0.494 e. The third kappa shape index (κ3) is 8.33. The zero-order chi connectivity index (χ0) is 36.2. The predicted octanol–water partition coefficient (Wildman–Crippen LogP) is 2.05. The summed E-state index contributed by atoms with van der Waals surface area (Å²) in [6.45, 7) is -3.82. The molecule has 0 bridgehead atoms. The van der Waals surface area contributed by atoms with Gasteiger partial charge in [-0.25, -0.2) is 9.36 Å². The van der Waals surface area contributed by atoms with Gasteiger partial charge in [-0.15, -0.1) is 10.2 Å². The number of hydrogen-bond acceptors (Lipinski definition) is 11. The number of nitrogens with zero attached hydrogens (tertiary/aromatic N) is 6. The summed E-state index contributed by atoms with van der Waals surface area (Å²) in [4.78, 5) is 62.5. The number of benzene rings is 2. The molecule has 2 aromatic carbocycles. The van der Waals surface area contributed by atoms with E-state index in [0.717, 1.165) is 0 Å². The first kappa shape index (κ1) is 29.2. The number of esters is 1. The maximum Gasteiger partial charge on any atom is 0.469 e. The van der Waals surface area contributed by atoms with Crippen LogP contribution in [0.5, 0.6) is 5.75 Å². The van der Waals surface area contributed by atoms with Crippen LogP contribution >= 0.6 is 7.82 Å². The van der Waals surface area contributed by atoms with Gasteiger partial charge in [-0.2, -0.15) is 9.79 Å². The average molecular weight is 670 g/mol. The number of amides is 2. The average Bonchev–Trinajstić information content (AvgIpc) is 3.82. The molecule has 246 valence electrons. The minimum absolute atomic E-state index is 0.0155. The molecule has 1 aliphatic carbocycles. The number of ether oxygens (including phenoxy) is 2. The molecule has 2 aromatic heterocycles. The smallest absolute Gasteiger partial charge is 0.469 e. The number of rotatable bonds is 12. The molecule has 0 unspecified atom stereocenters. The Labute approximate surface area is 271 Å². The van der Waals surface area contributed by atoms with Crippen molar-refractivity contribution < 1.29 is 46.8 Å². The van der Waals surface area contributed by atoms with Crippen LogP contribution in [0.1, 0.15) is 43.2 Å². The molecule has 18 heteroatoms. The molecule has 0 atom stereocenters. The highest BCUT2D eigenvalue weighted by atomic mass is 31.2. The molecule has 17 nitrogen and oxygen atoms in total. The Morgan fingerprint density at radius 1 is 1.15 bits per heavy atom. The molecule has 0 aliphatic heterocycles. The van der Waals surface area contributed by atoms with Crippen molar-refractivity contribution in [1.82, 2.24) is 30.1 Å². The molecule has 2 heterocycles. The first-order chi connectivity index (χ1) is 23.6. The zero-order valence-electron chi connectivity index (χ0n) is 28.0. The SMILES string of the molecule is [2H]C([2H])([2H])NC(=O)c1cn(COC(=O)c2ccc(COP(=O)(O)O)cc2)/c(=N/C(=O)C2CC2)cc1Nc1cccc(-c2nnn(C)n2)c1OC. The van der Waals surface area contributed by atoms with E-state index in [9.17, 15) is 18.9 Å². The number of tetrazole rings is 1. The lowest BCUT2D eigenvalue weighted by atomic mass is 10.1. The Balaban J connectivity index is 1.51. The molecule has 5 rings (SSSR count). The van der Waals surface area contributed by atoms with Crippen molar-refractivity contribution in [1.29, 1.82) is 0 Å². The van der Waals surface area contributed by atoms with E-state index >= 15 is 0 Å². The van der Waals surface area contributed by atoms with Crippen molar-refractivity contribution in [2.75, 3.05) is 19.4 Å². The van der Waals surface area contributed by atoms with Gasteiger partial charge in [0, 0.05) is 29.3 Å². The van der Waals surface area contributed by atoms with E-state index in [1.807, 2.05) is 5.32 Å². The second-order valence-corrected chi connectivity index (χ2v) is 11.5. The monoisotopic (exact) mass is 669 g/mol. The van der Waals surface area contributed by atoms with Gasteiger partial charge in [0.1, 0.15) is 5.49 Å². The molecule has 2 amide bonds. The Kier molecular flexibility index (Phi) is 8.73. The van der Waals surface area contributed by atoms with Gasteiger partial charge in [0.2, 0.25) is 5.82 Å². The molecule has 1 fully saturated rings. The van der Waals surface area contributed by atoms with Crippen LogP contribution in [-0.4, -0.2) is 66.4 Å². The summed E-state index contributed by atoms with van der Waals surface area (Å²) < 4.78 is 50.5. The molecule has 0 radical (unpaired) electrons. The second kappa shape index (κ2) is 14.0. The van der Waals surface area contributed by atoms with Crippen LogP contribution in [0.4, 0.5) is 11.4 Å². The minimum atomic E-state index is -4.70. The Morgan fingerprint density at radius 2 is 1.91 bits per heavy atom. The van der Waals surface area contributed by atoms with Gasteiger partial charge < -0.3 is 29.9 Å². The van der Waals surface area contributed by atoms with Crippen molar-refractivity contribution in [2.45, 2.75) is 26.2 Å². The lowest BCUT2D eigenvalue weighted by Crippen LogP contribution is -2.29. The quantitative estimate of drug-likeness (QED) is 0.125. The van der Waals surface area contributed by atoms with Crippen LogP contribution in [-0.2, 0) is 39.0 Å². The highest BCUT2D eigenvalue weighted by molar-refractivity contribution is 7.46. The maximum absolute atomic E-state index is 13.4. The Bertz CT molecular complexity index is 2040. The highest BCUT2D eigenvalue weighted by Gasteiger charge is 2.29. The number of anilines is 2. The van der Waals surface area contributed by atoms with Crippen LogP contribution in [0.2, 0.25) is 0 Å². The number of aromatic nitrogens is 5. The molecule has 0 saturated heterocycles. The van der Waals surface area contributed by atoms with Crippen LogP contribution in [0.3, 0.4) is 0 Å². The van der Waals surface area contributed by atoms with E-state index < -0.39 is 45.9 Å². The minimum Gasteiger partial charge on any atom is -0.494 e. The molecule has 1 aliphatic rings. The summed E-state index contributed by atoms with van der Waals surface area (Å²) in [5.41, 5.74) is 1.02. The Morgan fingerprint density at radius 3 is 2.55 bits per heavy atom. The molecular weight excluding hydrogens is 635 g/mol. The number of carbonyl (C=O) groups excluding carboxylic acids is 3. The Hall–Kier alpha value is -5.22. The lowest BCUT2D eigenvalue weighted by molar-refractivity contribution is -0.119. The van der Waals surface area contributed by atoms with Gasteiger partial charge in [-0.3, -0.25) is 18.7 Å². The van der Waals surface area contributed by atoms with Crippen LogP contribution < -0.4 is 20.9 Å². The lowest BCUT2D eigenvalue weighted by Gasteiger charge is -2.18. The summed E-state index contributed by atoms with van der Waals surface area (Å²) >= 11 is 0.